The number of aliphatic hydroxyl groups excluding tert-OH is 1. The van der Waals surface area contributed by atoms with Gasteiger partial charge in [0.05, 0.1) is 24.4 Å². The Balaban J connectivity index is 1.43. The summed E-state index contributed by atoms with van der Waals surface area (Å²) in [6.07, 6.45) is 6.80. The molecule has 0 bridgehead atoms. The molecule has 2 N–H and O–H groups in total. The number of anilines is 1. The summed E-state index contributed by atoms with van der Waals surface area (Å²) in [5, 5.41) is 12.6. The predicted molar refractivity (Wildman–Crippen MR) is 118 cm³/mol. The quantitative estimate of drug-likeness (QED) is 0.787. The van der Waals surface area contributed by atoms with E-state index < -0.39 is 5.54 Å². The molecule has 0 saturated carbocycles. The Hall–Kier alpha value is -2.02. The third-order valence-electron chi connectivity index (χ3n) is 6.49. The van der Waals surface area contributed by atoms with E-state index in [1.165, 1.54) is 16.7 Å². The Kier molecular flexibility index (Phi) is 5.84. The average Bonchev–Trinajstić information content (AvgIpc) is 2.72. The third-order valence-corrected chi connectivity index (χ3v) is 6.49. The van der Waals surface area contributed by atoms with Gasteiger partial charge in [0, 0.05) is 37.1 Å². The molecule has 0 aliphatic carbocycles. The highest BCUT2D eigenvalue weighted by atomic mass is 16.5. The van der Waals surface area contributed by atoms with Crippen molar-refractivity contribution in [3.63, 3.8) is 0 Å². The van der Waals surface area contributed by atoms with Gasteiger partial charge in [-0.05, 0) is 58.1 Å². The maximum atomic E-state index is 9.40. The number of aryl methyl sites for hydroxylation is 1. The zero-order chi connectivity index (χ0) is 21.4. The van der Waals surface area contributed by atoms with E-state index in [0.29, 0.717) is 12.0 Å². The molecule has 1 aromatic carbocycles. The first-order valence-electron chi connectivity index (χ1n) is 11.0. The zero-order valence-corrected chi connectivity index (χ0v) is 18.6. The molecule has 6 nitrogen and oxygen atoms in total. The molecular weight excluding hydrogens is 376 g/mol. The van der Waals surface area contributed by atoms with Gasteiger partial charge in [-0.3, -0.25) is 4.90 Å². The monoisotopic (exact) mass is 410 g/mol. The molecule has 0 unspecified atom stereocenters. The number of nitrogens with one attached hydrogen (secondary N) is 1. The number of likely N-dealkylation sites (tertiary alicyclic amines) is 1. The van der Waals surface area contributed by atoms with Crippen molar-refractivity contribution in [2.24, 2.45) is 0 Å². The molecule has 1 saturated heterocycles. The van der Waals surface area contributed by atoms with E-state index in [4.69, 9.17) is 4.74 Å². The standard InChI is InChI=1S/C24H34N4O2/c1-17-5-6-20-7-10-30-24(21(20)11-17)8-9-28(18(2)12-24)15-19-13-25-22(26-14-19)27-23(3,4)16-29/h5-6,11,13-14,18,29H,7-10,12,15-16H2,1-4H3,(H,25,26,27)/t18-,24+/m0/s1. The molecule has 2 aromatic rings. The minimum atomic E-state index is -0.439. The second-order valence-corrected chi connectivity index (χ2v) is 9.61. The normalized spacial score (nSPS) is 24.6. The smallest absolute Gasteiger partial charge is 0.223 e. The fourth-order valence-electron chi connectivity index (χ4n) is 4.71. The fourth-order valence-corrected chi connectivity index (χ4v) is 4.71. The number of benzene rings is 1. The van der Waals surface area contributed by atoms with Crippen LogP contribution in [-0.4, -0.2) is 51.3 Å². The second-order valence-electron chi connectivity index (χ2n) is 9.61. The summed E-state index contributed by atoms with van der Waals surface area (Å²) >= 11 is 0. The lowest BCUT2D eigenvalue weighted by atomic mass is 9.76. The molecule has 2 aliphatic rings. The van der Waals surface area contributed by atoms with E-state index in [-0.39, 0.29) is 12.2 Å². The minimum Gasteiger partial charge on any atom is -0.394 e. The lowest BCUT2D eigenvalue weighted by Crippen LogP contribution is -2.50. The van der Waals surface area contributed by atoms with Crippen molar-refractivity contribution in [3.8, 4) is 0 Å². The summed E-state index contributed by atoms with van der Waals surface area (Å²) in [5.74, 6) is 0.547. The number of rotatable bonds is 5. The van der Waals surface area contributed by atoms with E-state index in [2.05, 4.69) is 52.2 Å². The number of hydrogen-bond donors (Lipinski definition) is 2. The molecule has 6 heteroatoms. The first kappa shape index (κ1) is 21.2. The number of hydrogen-bond acceptors (Lipinski definition) is 6. The van der Waals surface area contributed by atoms with E-state index >= 15 is 0 Å². The number of piperidine rings is 1. The highest BCUT2D eigenvalue weighted by Gasteiger charge is 2.43. The number of ether oxygens (including phenoxy) is 1. The van der Waals surface area contributed by atoms with Crippen molar-refractivity contribution in [2.75, 3.05) is 25.1 Å². The van der Waals surface area contributed by atoms with Crippen LogP contribution in [0.15, 0.2) is 30.6 Å². The Bertz CT molecular complexity index is 883. The average molecular weight is 411 g/mol. The van der Waals surface area contributed by atoms with Crippen LogP contribution in [0.25, 0.3) is 0 Å². The minimum absolute atomic E-state index is 0.0237. The van der Waals surface area contributed by atoms with Gasteiger partial charge in [0.2, 0.25) is 5.95 Å². The van der Waals surface area contributed by atoms with Crippen molar-refractivity contribution >= 4 is 5.95 Å². The molecular formula is C24H34N4O2. The van der Waals surface area contributed by atoms with Crippen LogP contribution >= 0.6 is 0 Å². The van der Waals surface area contributed by atoms with E-state index in [0.717, 1.165) is 44.5 Å². The van der Waals surface area contributed by atoms with Gasteiger partial charge in [-0.1, -0.05) is 23.8 Å². The van der Waals surface area contributed by atoms with Crippen molar-refractivity contribution in [3.05, 3.63) is 52.8 Å². The molecule has 0 amide bonds. The third kappa shape index (κ3) is 4.36. The van der Waals surface area contributed by atoms with Gasteiger partial charge in [0.15, 0.2) is 0 Å². The second kappa shape index (κ2) is 8.25. The van der Waals surface area contributed by atoms with Crippen LogP contribution in [0.1, 0.15) is 55.9 Å². The number of aliphatic hydroxyl groups is 1. The fraction of sp³-hybridized carbons (Fsp3) is 0.583. The summed E-state index contributed by atoms with van der Waals surface area (Å²) in [6, 6.07) is 7.26. The highest BCUT2D eigenvalue weighted by molar-refractivity contribution is 5.38. The van der Waals surface area contributed by atoms with Crippen LogP contribution in [-0.2, 0) is 23.3 Å². The van der Waals surface area contributed by atoms with Gasteiger partial charge in [-0.2, -0.15) is 0 Å². The molecule has 3 heterocycles. The lowest BCUT2D eigenvalue weighted by molar-refractivity contribution is -0.113. The first-order valence-corrected chi connectivity index (χ1v) is 11.0. The zero-order valence-electron chi connectivity index (χ0n) is 18.6. The van der Waals surface area contributed by atoms with E-state index in [1.54, 1.807) is 0 Å². The van der Waals surface area contributed by atoms with Crippen LogP contribution in [0.2, 0.25) is 0 Å². The molecule has 1 aromatic heterocycles. The topological polar surface area (TPSA) is 70.5 Å². The molecule has 0 radical (unpaired) electrons. The van der Waals surface area contributed by atoms with Gasteiger partial charge >= 0.3 is 0 Å². The predicted octanol–water partition coefficient (Wildman–Crippen LogP) is 3.42. The van der Waals surface area contributed by atoms with E-state index in [9.17, 15) is 5.11 Å². The molecule has 4 rings (SSSR count). The molecule has 162 valence electrons. The summed E-state index contributed by atoms with van der Waals surface area (Å²) in [6.45, 7) is 11.0. The van der Waals surface area contributed by atoms with Gasteiger partial charge in [-0.25, -0.2) is 9.97 Å². The van der Waals surface area contributed by atoms with Crippen molar-refractivity contribution in [1.82, 2.24) is 14.9 Å². The number of aromatic nitrogens is 2. The first-order chi connectivity index (χ1) is 14.3. The maximum Gasteiger partial charge on any atom is 0.223 e. The van der Waals surface area contributed by atoms with Gasteiger partial charge in [-0.15, -0.1) is 0 Å². The Morgan fingerprint density at radius 1 is 1.30 bits per heavy atom. The van der Waals surface area contributed by atoms with Crippen LogP contribution in [0.5, 0.6) is 0 Å². The molecule has 30 heavy (non-hydrogen) atoms. The Morgan fingerprint density at radius 2 is 2.07 bits per heavy atom. The van der Waals surface area contributed by atoms with Gasteiger partial charge in [0.25, 0.3) is 0 Å². The number of fused-ring (bicyclic) bond motifs is 2. The SMILES string of the molecule is Cc1ccc2c(c1)[C@]1(CCN(Cc3cnc(NC(C)(C)CO)nc3)[C@@H](C)C1)OCC2. The van der Waals surface area contributed by atoms with Gasteiger partial charge in [0.1, 0.15) is 0 Å². The Morgan fingerprint density at radius 3 is 2.77 bits per heavy atom. The molecule has 2 aliphatic heterocycles. The molecule has 1 fully saturated rings. The van der Waals surface area contributed by atoms with Crippen molar-refractivity contribution in [2.45, 2.75) is 70.7 Å². The number of nitrogens with zero attached hydrogens (tertiary/aromatic N) is 3. The summed E-state index contributed by atoms with van der Waals surface area (Å²) in [4.78, 5) is 11.4. The van der Waals surface area contributed by atoms with Crippen LogP contribution in [0, 0.1) is 6.92 Å². The largest absolute Gasteiger partial charge is 0.394 e. The van der Waals surface area contributed by atoms with Crippen LogP contribution in [0.4, 0.5) is 5.95 Å². The Labute approximate surface area is 179 Å². The van der Waals surface area contributed by atoms with Crippen molar-refractivity contribution < 1.29 is 9.84 Å². The van der Waals surface area contributed by atoms with Crippen molar-refractivity contribution in [1.29, 1.82) is 0 Å². The lowest BCUT2D eigenvalue weighted by Gasteiger charge is -2.48. The van der Waals surface area contributed by atoms with E-state index in [1.807, 2.05) is 26.2 Å². The molecule has 1 spiro atoms. The maximum absolute atomic E-state index is 9.40. The summed E-state index contributed by atoms with van der Waals surface area (Å²) < 4.78 is 6.45. The summed E-state index contributed by atoms with van der Waals surface area (Å²) in [7, 11) is 0. The molecule has 2 atom stereocenters. The summed E-state index contributed by atoms with van der Waals surface area (Å²) in [5.41, 5.74) is 4.69. The van der Waals surface area contributed by atoms with Crippen LogP contribution < -0.4 is 5.32 Å². The van der Waals surface area contributed by atoms with Crippen LogP contribution in [0.3, 0.4) is 0 Å². The van der Waals surface area contributed by atoms with Gasteiger partial charge < -0.3 is 15.2 Å². The highest BCUT2D eigenvalue weighted by Crippen LogP contribution is 2.44.